The number of rotatable bonds is 5. The Morgan fingerprint density at radius 3 is 2.52 bits per heavy atom. The van der Waals surface area contributed by atoms with E-state index in [1.807, 2.05) is 12.1 Å². The molecule has 1 saturated heterocycles. The minimum Gasteiger partial charge on any atom is -0.314 e. The second-order valence-corrected chi connectivity index (χ2v) is 6.03. The Kier molecular flexibility index (Phi) is 10.9. The summed E-state index contributed by atoms with van der Waals surface area (Å²) in [6.07, 6.45) is 3.33. The fourth-order valence-electron chi connectivity index (χ4n) is 2.70. The molecule has 2 rings (SSSR count). The topological polar surface area (TPSA) is 15.3 Å². The minimum atomic E-state index is -0.0889. The number of benzene rings is 1. The standard InChI is InChI=1S/C15H22BrFN2.2ClH/c1-2-3-4-15(19-9-7-18-8-10-19)13-6-5-12(16)11-14(13)17;;/h5-6,11,15,18H,2-4,7-10H2,1H3;2*1H/t15-;;/m1../s1. The van der Waals surface area contributed by atoms with E-state index in [4.69, 9.17) is 0 Å². The Bertz CT molecular complexity index is 415. The average molecular weight is 402 g/mol. The van der Waals surface area contributed by atoms with Crippen LogP contribution in [0.25, 0.3) is 0 Å². The van der Waals surface area contributed by atoms with Crippen LogP contribution in [0, 0.1) is 5.82 Å². The lowest BCUT2D eigenvalue weighted by Crippen LogP contribution is -2.45. The molecule has 1 aromatic carbocycles. The normalized spacial score (nSPS) is 16.7. The lowest BCUT2D eigenvalue weighted by atomic mass is 9.98. The summed E-state index contributed by atoms with van der Waals surface area (Å²) in [5.41, 5.74) is 0.846. The quantitative estimate of drug-likeness (QED) is 0.777. The summed E-state index contributed by atoms with van der Waals surface area (Å²) >= 11 is 3.33. The van der Waals surface area contributed by atoms with Gasteiger partial charge in [-0.25, -0.2) is 4.39 Å². The number of unbranched alkanes of at least 4 members (excludes halogenated alkanes) is 1. The molecular formula is C15H24BrCl2FN2. The third kappa shape index (κ3) is 6.03. The third-order valence-electron chi connectivity index (χ3n) is 3.74. The number of piperazine rings is 1. The number of hydrogen-bond acceptors (Lipinski definition) is 2. The Balaban J connectivity index is 0.00000200. The molecule has 1 aliphatic rings. The van der Waals surface area contributed by atoms with Gasteiger partial charge in [-0.3, -0.25) is 4.90 Å². The van der Waals surface area contributed by atoms with Crippen LogP contribution in [-0.2, 0) is 0 Å². The molecule has 122 valence electrons. The van der Waals surface area contributed by atoms with Crippen LogP contribution in [0.5, 0.6) is 0 Å². The molecular weight excluding hydrogens is 378 g/mol. The van der Waals surface area contributed by atoms with Gasteiger partial charge in [0.2, 0.25) is 0 Å². The molecule has 0 bridgehead atoms. The molecule has 21 heavy (non-hydrogen) atoms. The van der Waals surface area contributed by atoms with Crippen LogP contribution in [0.1, 0.15) is 37.8 Å². The fourth-order valence-corrected chi connectivity index (χ4v) is 3.03. The molecule has 2 nitrogen and oxygen atoms in total. The van der Waals surface area contributed by atoms with Crippen molar-refractivity contribution in [3.8, 4) is 0 Å². The van der Waals surface area contributed by atoms with Gasteiger partial charge >= 0.3 is 0 Å². The Morgan fingerprint density at radius 2 is 1.95 bits per heavy atom. The van der Waals surface area contributed by atoms with Crippen LogP contribution in [0.3, 0.4) is 0 Å². The maximum Gasteiger partial charge on any atom is 0.129 e. The molecule has 6 heteroatoms. The van der Waals surface area contributed by atoms with Crippen molar-refractivity contribution in [1.82, 2.24) is 10.2 Å². The summed E-state index contributed by atoms with van der Waals surface area (Å²) in [6, 6.07) is 5.67. The highest BCUT2D eigenvalue weighted by atomic mass is 79.9. The summed E-state index contributed by atoms with van der Waals surface area (Å²) in [5.74, 6) is -0.0889. The first-order valence-corrected chi connectivity index (χ1v) is 7.91. The number of halogens is 4. The molecule has 1 aliphatic heterocycles. The van der Waals surface area contributed by atoms with E-state index < -0.39 is 0 Å². The molecule has 0 amide bonds. The first kappa shape index (κ1) is 21.1. The zero-order chi connectivity index (χ0) is 13.7. The SMILES string of the molecule is CCCC[C@H](c1ccc(Br)cc1F)N1CCNCC1.Cl.Cl. The van der Waals surface area contributed by atoms with Crippen LogP contribution in [-0.4, -0.2) is 31.1 Å². The highest BCUT2D eigenvalue weighted by Gasteiger charge is 2.24. The van der Waals surface area contributed by atoms with E-state index in [1.54, 1.807) is 6.07 Å². The van der Waals surface area contributed by atoms with Crippen LogP contribution < -0.4 is 5.32 Å². The van der Waals surface area contributed by atoms with Gasteiger partial charge < -0.3 is 5.32 Å². The molecule has 0 spiro atoms. The molecule has 0 radical (unpaired) electrons. The molecule has 1 aromatic rings. The van der Waals surface area contributed by atoms with E-state index in [0.717, 1.165) is 55.5 Å². The average Bonchev–Trinajstić information content (AvgIpc) is 2.42. The van der Waals surface area contributed by atoms with E-state index in [9.17, 15) is 4.39 Å². The second-order valence-electron chi connectivity index (χ2n) is 5.11. The summed E-state index contributed by atoms with van der Waals surface area (Å²) in [5, 5.41) is 3.36. The van der Waals surface area contributed by atoms with Gasteiger partial charge in [-0.05, 0) is 18.6 Å². The van der Waals surface area contributed by atoms with Crippen molar-refractivity contribution in [1.29, 1.82) is 0 Å². The predicted molar refractivity (Wildman–Crippen MR) is 95.3 cm³/mol. The highest BCUT2D eigenvalue weighted by molar-refractivity contribution is 9.10. The van der Waals surface area contributed by atoms with Gasteiger partial charge in [-0.2, -0.15) is 0 Å². The van der Waals surface area contributed by atoms with Gasteiger partial charge in [0, 0.05) is 42.3 Å². The van der Waals surface area contributed by atoms with E-state index >= 15 is 0 Å². The van der Waals surface area contributed by atoms with Crippen molar-refractivity contribution >= 4 is 40.7 Å². The molecule has 1 N–H and O–H groups in total. The smallest absolute Gasteiger partial charge is 0.129 e. The van der Waals surface area contributed by atoms with Crippen molar-refractivity contribution in [2.24, 2.45) is 0 Å². The minimum absolute atomic E-state index is 0. The van der Waals surface area contributed by atoms with Crippen molar-refractivity contribution in [3.05, 3.63) is 34.1 Å². The summed E-state index contributed by atoms with van der Waals surface area (Å²) in [4.78, 5) is 2.42. The Morgan fingerprint density at radius 1 is 1.29 bits per heavy atom. The molecule has 0 saturated carbocycles. The first-order valence-electron chi connectivity index (χ1n) is 7.12. The van der Waals surface area contributed by atoms with E-state index in [0.29, 0.717) is 0 Å². The van der Waals surface area contributed by atoms with Crippen molar-refractivity contribution in [2.75, 3.05) is 26.2 Å². The van der Waals surface area contributed by atoms with Gasteiger partial charge in [-0.15, -0.1) is 24.8 Å². The predicted octanol–water partition coefficient (Wildman–Crippen LogP) is 4.57. The van der Waals surface area contributed by atoms with Crippen LogP contribution >= 0.6 is 40.7 Å². The lowest BCUT2D eigenvalue weighted by Gasteiger charge is -2.35. The molecule has 1 fully saturated rings. The van der Waals surface area contributed by atoms with Crippen LogP contribution in [0.2, 0.25) is 0 Å². The van der Waals surface area contributed by atoms with Crippen molar-refractivity contribution in [2.45, 2.75) is 32.2 Å². The molecule has 0 unspecified atom stereocenters. The maximum atomic E-state index is 14.2. The fraction of sp³-hybridized carbons (Fsp3) is 0.600. The highest BCUT2D eigenvalue weighted by Crippen LogP contribution is 2.30. The molecule has 0 aliphatic carbocycles. The van der Waals surface area contributed by atoms with E-state index in [1.165, 1.54) is 0 Å². The van der Waals surface area contributed by atoms with Gasteiger partial charge in [0.05, 0.1) is 0 Å². The van der Waals surface area contributed by atoms with Crippen LogP contribution in [0.4, 0.5) is 4.39 Å². The van der Waals surface area contributed by atoms with Gasteiger partial charge in [0.25, 0.3) is 0 Å². The van der Waals surface area contributed by atoms with Crippen LogP contribution in [0.15, 0.2) is 22.7 Å². The Hall–Kier alpha value is 0.130. The zero-order valence-electron chi connectivity index (χ0n) is 12.3. The third-order valence-corrected chi connectivity index (χ3v) is 4.24. The van der Waals surface area contributed by atoms with Gasteiger partial charge in [0.15, 0.2) is 0 Å². The number of nitrogens with one attached hydrogen (secondary N) is 1. The maximum absolute atomic E-state index is 14.2. The molecule has 1 atom stereocenters. The largest absolute Gasteiger partial charge is 0.314 e. The lowest BCUT2D eigenvalue weighted by molar-refractivity contribution is 0.160. The summed E-state index contributed by atoms with van der Waals surface area (Å²) < 4.78 is 15.0. The molecule has 0 aromatic heterocycles. The van der Waals surface area contributed by atoms with Crippen molar-refractivity contribution < 1.29 is 4.39 Å². The first-order chi connectivity index (χ1) is 9.22. The van der Waals surface area contributed by atoms with E-state index in [-0.39, 0.29) is 36.7 Å². The van der Waals surface area contributed by atoms with Gasteiger partial charge in [0.1, 0.15) is 5.82 Å². The zero-order valence-corrected chi connectivity index (χ0v) is 15.5. The van der Waals surface area contributed by atoms with E-state index in [2.05, 4.69) is 33.1 Å². The van der Waals surface area contributed by atoms with Crippen molar-refractivity contribution in [3.63, 3.8) is 0 Å². The number of nitrogens with zero attached hydrogens (tertiary/aromatic N) is 1. The second kappa shape index (κ2) is 10.8. The van der Waals surface area contributed by atoms with Gasteiger partial charge in [-0.1, -0.05) is 41.8 Å². The number of hydrogen-bond donors (Lipinski definition) is 1. The summed E-state index contributed by atoms with van der Waals surface area (Å²) in [6.45, 7) is 6.20. The molecule has 1 heterocycles. The monoisotopic (exact) mass is 400 g/mol. The summed E-state index contributed by atoms with van der Waals surface area (Å²) in [7, 11) is 0. The Labute approximate surface area is 147 Å².